The summed E-state index contributed by atoms with van der Waals surface area (Å²) in [6.07, 6.45) is 0.454. The van der Waals surface area contributed by atoms with Gasteiger partial charge < -0.3 is 10.4 Å². The molecule has 0 spiro atoms. The number of carbonyl (C=O) groups excluding carboxylic acids is 1. The zero-order valence-corrected chi connectivity index (χ0v) is 13.2. The number of rotatable bonds is 7. The Morgan fingerprint density at radius 2 is 1.87 bits per heavy atom. The fraction of sp³-hybridized carbons (Fsp3) is 0.867. The molecule has 0 aromatic rings. The lowest BCUT2D eigenvalue weighted by molar-refractivity contribution is -0.149. The van der Waals surface area contributed by atoms with Crippen LogP contribution in [0.15, 0.2) is 0 Å². The van der Waals surface area contributed by atoms with Gasteiger partial charge >= 0.3 is 6.18 Å². The van der Waals surface area contributed by atoms with Crippen molar-refractivity contribution in [2.75, 3.05) is 26.2 Å². The standard InChI is InChI=1S/C15H24F3N3O2/c16-15(17,18)12-21(8-5-9-22)10-13(23)20-14(11-19)6-3-1-2-4-7-14/h22H,1-10,12H2,(H,20,23). The molecule has 0 aromatic heterocycles. The van der Waals surface area contributed by atoms with Gasteiger partial charge in [0.05, 0.1) is 19.2 Å². The van der Waals surface area contributed by atoms with Crippen molar-refractivity contribution < 1.29 is 23.1 Å². The van der Waals surface area contributed by atoms with Gasteiger partial charge in [-0.25, -0.2) is 0 Å². The first-order chi connectivity index (χ1) is 10.8. The molecule has 0 saturated heterocycles. The average molecular weight is 335 g/mol. The van der Waals surface area contributed by atoms with Crippen LogP contribution in [0, 0.1) is 11.3 Å². The van der Waals surface area contributed by atoms with E-state index < -0.39 is 30.7 Å². The van der Waals surface area contributed by atoms with Crippen LogP contribution in [-0.2, 0) is 4.79 Å². The number of alkyl halides is 3. The van der Waals surface area contributed by atoms with E-state index in [4.69, 9.17) is 5.11 Å². The highest BCUT2D eigenvalue weighted by Crippen LogP contribution is 2.26. The summed E-state index contributed by atoms with van der Waals surface area (Å²) in [5, 5.41) is 20.8. The highest BCUT2D eigenvalue weighted by Gasteiger charge is 2.35. The molecule has 0 radical (unpaired) electrons. The van der Waals surface area contributed by atoms with Gasteiger partial charge in [-0.3, -0.25) is 9.69 Å². The van der Waals surface area contributed by atoms with Crippen molar-refractivity contribution >= 4 is 5.91 Å². The Kier molecular flexibility index (Phi) is 7.79. The molecule has 1 amide bonds. The van der Waals surface area contributed by atoms with E-state index in [0.717, 1.165) is 30.6 Å². The number of nitrogens with zero attached hydrogens (tertiary/aromatic N) is 2. The monoisotopic (exact) mass is 335 g/mol. The summed E-state index contributed by atoms with van der Waals surface area (Å²) in [5.41, 5.74) is -0.964. The van der Waals surface area contributed by atoms with E-state index in [0.29, 0.717) is 12.8 Å². The van der Waals surface area contributed by atoms with E-state index in [9.17, 15) is 23.2 Å². The molecule has 0 aromatic carbocycles. The summed E-state index contributed by atoms with van der Waals surface area (Å²) >= 11 is 0. The van der Waals surface area contributed by atoms with Crippen molar-refractivity contribution in [2.24, 2.45) is 0 Å². The van der Waals surface area contributed by atoms with Crippen molar-refractivity contribution in [3.8, 4) is 6.07 Å². The van der Waals surface area contributed by atoms with Crippen LogP contribution in [0.2, 0.25) is 0 Å². The maximum atomic E-state index is 12.5. The molecule has 0 atom stereocenters. The normalized spacial score (nSPS) is 18.3. The van der Waals surface area contributed by atoms with Crippen LogP contribution in [0.1, 0.15) is 44.9 Å². The minimum atomic E-state index is -4.41. The summed E-state index contributed by atoms with van der Waals surface area (Å²) in [6.45, 7) is -1.90. The van der Waals surface area contributed by atoms with Crippen molar-refractivity contribution in [2.45, 2.75) is 56.7 Å². The van der Waals surface area contributed by atoms with Gasteiger partial charge in [-0.1, -0.05) is 25.7 Å². The van der Waals surface area contributed by atoms with E-state index in [1.165, 1.54) is 0 Å². The number of halogens is 3. The molecule has 1 aliphatic carbocycles. The molecule has 1 rings (SSSR count). The first-order valence-corrected chi connectivity index (χ1v) is 7.92. The van der Waals surface area contributed by atoms with Gasteiger partial charge in [0.15, 0.2) is 0 Å². The third-order valence-corrected chi connectivity index (χ3v) is 3.95. The van der Waals surface area contributed by atoms with E-state index in [2.05, 4.69) is 11.4 Å². The van der Waals surface area contributed by atoms with Gasteiger partial charge in [-0.15, -0.1) is 0 Å². The van der Waals surface area contributed by atoms with E-state index in [-0.39, 0.29) is 19.6 Å². The summed E-state index contributed by atoms with van der Waals surface area (Å²) < 4.78 is 37.6. The highest BCUT2D eigenvalue weighted by molar-refractivity contribution is 5.79. The number of nitrogens with one attached hydrogen (secondary N) is 1. The predicted molar refractivity (Wildman–Crippen MR) is 78.4 cm³/mol. The predicted octanol–water partition coefficient (Wildman–Crippen LogP) is 1.97. The molecule has 0 bridgehead atoms. The third kappa shape index (κ3) is 7.66. The van der Waals surface area contributed by atoms with Gasteiger partial charge in [0.2, 0.25) is 5.91 Å². The lowest BCUT2D eigenvalue weighted by Gasteiger charge is -2.29. The summed E-state index contributed by atoms with van der Waals surface area (Å²) in [4.78, 5) is 13.1. The second-order valence-electron chi connectivity index (χ2n) is 6.06. The van der Waals surface area contributed by atoms with Crippen LogP contribution >= 0.6 is 0 Å². The minimum absolute atomic E-state index is 0.0248. The number of hydrogen-bond donors (Lipinski definition) is 2. The van der Waals surface area contributed by atoms with Crippen LogP contribution in [0.5, 0.6) is 0 Å². The molecule has 5 nitrogen and oxygen atoms in total. The SMILES string of the molecule is N#CC1(NC(=O)CN(CCCO)CC(F)(F)F)CCCCCC1. The molecule has 1 aliphatic rings. The second-order valence-corrected chi connectivity index (χ2v) is 6.06. The first-order valence-electron chi connectivity index (χ1n) is 7.92. The summed E-state index contributed by atoms with van der Waals surface area (Å²) in [5.74, 6) is -0.573. The van der Waals surface area contributed by atoms with Crippen LogP contribution in [0.4, 0.5) is 13.2 Å². The number of amides is 1. The van der Waals surface area contributed by atoms with Crippen LogP contribution < -0.4 is 5.32 Å². The van der Waals surface area contributed by atoms with Crippen molar-refractivity contribution in [3.63, 3.8) is 0 Å². The number of hydrogen-bond acceptors (Lipinski definition) is 4. The van der Waals surface area contributed by atoms with Gasteiger partial charge in [0.1, 0.15) is 5.54 Å². The molecule has 0 aliphatic heterocycles. The maximum Gasteiger partial charge on any atom is 0.401 e. The zero-order chi connectivity index (χ0) is 17.3. The second kappa shape index (κ2) is 9.08. The Morgan fingerprint density at radius 3 is 2.35 bits per heavy atom. The number of aliphatic hydroxyl groups is 1. The quantitative estimate of drug-likeness (QED) is 0.698. The minimum Gasteiger partial charge on any atom is -0.396 e. The Morgan fingerprint density at radius 1 is 1.26 bits per heavy atom. The molecule has 23 heavy (non-hydrogen) atoms. The van der Waals surface area contributed by atoms with Gasteiger partial charge in [0.25, 0.3) is 0 Å². The fourth-order valence-corrected chi connectivity index (χ4v) is 2.87. The van der Waals surface area contributed by atoms with Gasteiger partial charge in [-0.2, -0.15) is 18.4 Å². The first kappa shape index (κ1) is 19.7. The topological polar surface area (TPSA) is 76.4 Å². The summed E-state index contributed by atoms with van der Waals surface area (Å²) in [7, 11) is 0. The van der Waals surface area contributed by atoms with Crippen LogP contribution in [0.3, 0.4) is 0 Å². The smallest absolute Gasteiger partial charge is 0.396 e. The van der Waals surface area contributed by atoms with Gasteiger partial charge in [-0.05, 0) is 19.3 Å². The van der Waals surface area contributed by atoms with Crippen LogP contribution in [0.25, 0.3) is 0 Å². The molecule has 1 saturated carbocycles. The Labute approximate surface area is 134 Å². The zero-order valence-electron chi connectivity index (χ0n) is 13.2. The Hall–Kier alpha value is -1.33. The maximum absolute atomic E-state index is 12.5. The number of carbonyl (C=O) groups is 1. The molecule has 8 heteroatoms. The lowest BCUT2D eigenvalue weighted by atomic mass is 9.92. The third-order valence-electron chi connectivity index (χ3n) is 3.95. The Balaban J connectivity index is 2.63. The molecule has 0 heterocycles. The highest BCUT2D eigenvalue weighted by atomic mass is 19.4. The van der Waals surface area contributed by atoms with E-state index >= 15 is 0 Å². The van der Waals surface area contributed by atoms with Crippen LogP contribution in [-0.4, -0.2) is 53.9 Å². The van der Waals surface area contributed by atoms with Crippen molar-refractivity contribution in [1.29, 1.82) is 5.26 Å². The summed E-state index contributed by atoms with van der Waals surface area (Å²) in [6, 6.07) is 2.14. The lowest BCUT2D eigenvalue weighted by Crippen LogP contribution is -2.51. The van der Waals surface area contributed by atoms with E-state index in [1.807, 2.05) is 0 Å². The molecule has 0 unspecified atom stereocenters. The molecule has 1 fully saturated rings. The fourth-order valence-electron chi connectivity index (χ4n) is 2.87. The van der Waals surface area contributed by atoms with E-state index in [1.54, 1.807) is 0 Å². The average Bonchev–Trinajstić information content (AvgIpc) is 2.69. The molecular formula is C15H24F3N3O2. The Bertz CT molecular complexity index is 413. The van der Waals surface area contributed by atoms with Crippen molar-refractivity contribution in [1.82, 2.24) is 10.2 Å². The number of aliphatic hydroxyl groups excluding tert-OH is 1. The molecule has 2 N–H and O–H groups in total. The number of nitriles is 1. The van der Waals surface area contributed by atoms with Crippen molar-refractivity contribution in [3.05, 3.63) is 0 Å². The molecular weight excluding hydrogens is 311 g/mol. The molecule has 132 valence electrons. The van der Waals surface area contributed by atoms with Gasteiger partial charge in [0, 0.05) is 13.2 Å². The largest absolute Gasteiger partial charge is 0.401 e.